The number of carbonyl (C=O) groups is 1. The number of ketones is 1. The van der Waals surface area contributed by atoms with E-state index < -0.39 is 0 Å². The molecule has 1 aromatic heterocycles. The predicted octanol–water partition coefficient (Wildman–Crippen LogP) is 9.49. The van der Waals surface area contributed by atoms with Crippen molar-refractivity contribution in [2.24, 2.45) is 0 Å². The molecule has 3 nitrogen and oxygen atoms in total. The monoisotopic (exact) mass is 739 g/mol. The number of allylic oxidation sites excluding steroid dienone is 1. The number of benzene rings is 3. The first-order valence-electron chi connectivity index (χ1n) is 14.5. The van der Waals surface area contributed by atoms with E-state index in [9.17, 15) is 9.90 Å². The van der Waals surface area contributed by atoms with Crippen molar-refractivity contribution in [3.05, 3.63) is 131 Å². The van der Waals surface area contributed by atoms with E-state index in [0.29, 0.717) is 11.1 Å². The Morgan fingerprint density at radius 2 is 1.36 bits per heavy atom. The Bertz CT molecular complexity index is 1490. The largest absolute Gasteiger partial charge is 0.507 e. The van der Waals surface area contributed by atoms with Gasteiger partial charge in [-0.2, -0.15) is 0 Å². The zero-order chi connectivity index (χ0) is 29.6. The fourth-order valence-corrected chi connectivity index (χ4v) is 5.02. The van der Waals surface area contributed by atoms with Crippen molar-refractivity contribution in [3.63, 3.8) is 0 Å². The van der Waals surface area contributed by atoms with E-state index in [2.05, 4.69) is 64.7 Å². The summed E-state index contributed by atoms with van der Waals surface area (Å²) < 4.78 is 0. The number of hydrogen-bond acceptors (Lipinski definition) is 3. The van der Waals surface area contributed by atoms with Crippen molar-refractivity contribution in [1.29, 1.82) is 0 Å². The third-order valence-electron chi connectivity index (χ3n) is 7.60. The molecule has 1 aliphatic rings. The molecule has 0 spiro atoms. The van der Waals surface area contributed by atoms with Gasteiger partial charge in [0.2, 0.25) is 0 Å². The second-order valence-electron chi connectivity index (χ2n) is 12.8. The van der Waals surface area contributed by atoms with Crippen molar-refractivity contribution >= 4 is 11.5 Å². The number of aryl methyl sites for hydroxylation is 1. The maximum atomic E-state index is 12.4. The van der Waals surface area contributed by atoms with Gasteiger partial charge in [0.25, 0.3) is 0 Å². The Hall–Kier alpha value is -3.29. The zero-order valence-corrected chi connectivity index (χ0v) is 27.9. The molecule has 0 saturated heterocycles. The summed E-state index contributed by atoms with van der Waals surface area (Å²) in [5, 5.41) is 10.3. The van der Waals surface area contributed by atoms with Gasteiger partial charge in [0.15, 0.2) is 5.78 Å². The summed E-state index contributed by atoms with van der Waals surface area (Å²) in [5.41, 5.74) is 8.91. The molecule has 3 aromatic carbocycles. The maximum Gasteiger partial charge on any atom is 0.189 e. The van der Waals surface area contributed by atoms with Gasteiger partial charge in [0.05, 0.1) is 0 Å². The Balaban J connectivity index is 0.000000244. The van der Waals surface area contributed by atoms with Crippen LogP contribution >= 0.6 is 0 Å². The van der Waals surface area contributed by atoms with Crippen LogP contribution in [-0.2, 0) is 44.7 Å². The quantitative estimate of drug-likeness (QED) is 0.0983. The van der Waals surface area contributed by atoms with Crippen molar-refractivity contribution < 1.29 is 31.0 Å². The van der Waals surface area contributed by atoms with Gasteiger partial charge in [-0.3, -0.25) is 4.79 Å². The number of nitrogens with zero attached hydrogens (tertiary/aromatic N) is 1. The van der Waals surface area contributed by atoms with Crippen LogP contribution in [0.25, 0.3) is 17.0 Å². The molecule has 42 heavy (non-hydrogen) atoms. The van der Waals surface area contributed by atoms with Crippen LogP contribution in [0.3, 0.4) is 0 Å². The first kappa shape index (κ1) is 33.2. The van der Waals surface area contributed by atoms with Crippen LogP contribution < -0.4 is 0 Å². The molecule has 0 amide bonds. The average Bonchev–Trinajstić information content (AvgIpc) is 2.97. The van der Waals surface area contributed by atoms with Crippen molar-refractivity contribution in [1.82, 2.24) is 4.98 Å². The van der Waals surface area contributed by atoms with Crippen molar-refractivity contribution in [2.75, 3.05) is 0 Å². The number of aliphatic hydroxyl groups excluding tert-OH is 1. The first-order chi connectivity index (χ1) is 19.4. The van der Waals surface area contributed by atoms with E-state index in [1.54, 1.807) is 0 Å². The summed E-state index contributed by atoms with van der Waals surface area (Å²) in [6, 6.07) is 28.9. The molecule has 0 aliphatic heterocycles. The number of aromatic nitrogens is 1. The zero-order valence-electron chi connectivity index (χ0n) is 25.6. The second-order valence-corrected chi connectivity index (χ2v) is 12.8. The van der Waals surface area contributed by atoms with Gasteiger partial charge in [0.1, 0.15) is 5.76 Å². The molecular weight excluding hydrogens is 698 g/mol. The Kier molecular flexibility index (Phi) is 11.3. The van der Waals surface area contributed by atoms with Crippen LogP contribution in [0.1, 0.15) is 92.6 Å². The first-order valence-corrected chi connectivity index (χ1v) is 14.5. The number of rotatable bonds is 4. The van der Waals surface area contributed by atoms with Crippen molar-refractivity contribution in [3.8, 4) is 11.3 Å². The normalized spacial score (nSPS) is 13.2. The van der Waals surface area contributed by atoms with Gasteiger partial charge in [-0.25, -0.2) is 0 Å². The maximum absolute atomic E-state index is 12.4. The molecule has 0 saturated carbocycles. The summed E-state index contributed by atoms with van der Waals surface area (Å²) in [6.07, 6.45) is 8.15. The SMILES string of the molecule is CC(C)(C)c1ccc(C(=O)/C=C(\O)c2ccc(C(C)(C)C)cc2)cc1.[Pt].[c-]1ccc2c(c1-c1ccccn1)CCCC2. The fraction of sp³-hybridized carbons (Fsp3) is 0.316. The second kappa shape index (κ2) is 14.3. The molecule has 0 fully saturated rings. The minimum atomic E-state index is -0.196. The Labute approximate surface area is 266 Å². The molecule has 1 heterocycles. The number of hydrogen-bond donors (Lipinski definition) is 1. The van der Waals surface area contributed by atoms with Crippen molar-refractivity contribution in [2.45, 2.75) is 78.1 Å². The molecule has 5 rings (SSSR count). The van der Waals surface area contributed by atoms with E-state index >= 15 is 0 Å². The minimum Gasteiger partial charge on any atom is -0.507 e. The molecule has 1 N–H and O–H groups in total. The third-order valence-corrected chi connectivity index (χ3v) is 7.60. The van der Waals surface area contributed by atoms with Gasteiger partial charge in [-0.05, 0) is 40.1 Å². The van der Waals surface area contributed by atoms with Gasteiger partial charge < -0.3 is 10.1 Å². The standard InChI is InChI=1S/C23H28O2.C15H14N.Pt/c1-22(2,3)18-11-7-16(8-12-18)20(24)15-21(25)17-9-13-19(14-10-17)23(4,5)6;1-2-8-13-12(6-1)7-5-9-14(13)15-10-3-4-11-16-15;/h7-15,24H,1-6H3;3-5,7,10-11H,1-2,6,8H2;/q;-1;/b20-15-;;. The summed E-state index contributed by atoms with van der Waals surface area (Å²) in [6.45, 7) is 12.8. The van der Waals surface area contributed by atoms with Gasteiger partial charge in [0, 0.05) is 44.5 Å². The number of carbonyl (C=O) groups excluding carboxylic acids is 1. The van der Waals surface area contributed by atoms with Crippen LogP contribution in [0, 0.1) is 6.07 Å². The molecule has 0 atom stereocenters. The minimum absolute atomic E-state index is 0. The van der Waals surface area contributed by atoms with Crippen LogP contribution in [-0.4, -0.2) is 15.9 Å². The number of aliphatic hydroxyl groups is 1. The van der Waals surface area contributed by atoms with E-state index in [0.717, 1.165) is 5.69 Å². The fourth-order valence-electron chi connectivity index (χ4n) is 5.02. The van der Waals surface area contributed by atoms with E-state index in [1.807, 2.05) is 72.9 Å². The molecule has 222 valence electrons. The predicted molar refractivity (Wildman–Crippen MR) is 170 cm³/mol. The van der Waals surface area contributed by atoms with Crippen LogP contribution in [0.2, 0.25) is 0 Å². The van der Waals surface area contributed by atoms with E-state index in [-0.39, 0.29) is 43.4 Å². The Morgan fingerprint density at radius 1 is 0.786 bits per heavy atom. The third kappa shape index (κ3) is 8.62. The molecule has 1 aliphatic carbocycles. The number of pyridine rings is 1. The van der Waals surface area contributed by atoms with Crippen LogP contribution in [0.5, 0.6) is 0 Å². The van der Waals surface area contributed by atoms with Gasteiger partial charge in [-0.15, -0.1) is 34.9 Å². The van der Waals surface area contributed by atoms with E-state index in [4.69, 9.17) is 0 Å². The van der Waals surface area contributed by atoms with Crippen LogP contribution in [0.4, 0.5) is 0 Å². The summed E-state index contributed by atoms with van der Waals surface area (Å²) in [5.74, 6) is -0.205. The summed E-state index contributed by atoms with van der Waals surface area (Å²) >= 11 is 0. The summed E-state index contributed by atoms with van der Waals surface area (Å²) in [4.78, 5) is 16.8. The molecular formula is C38H42NO2Pt-. The molecule has 0 radical (unpaired) electrons. The molecule has 0 unspecified atom stereocenters. The Morgan fingerprint density at radius 3 is 1.90 bits per heavy atom. The average molecular weight is 740 g/mol. The summed E-state index contributed by atoms with van der Waals surface area (Å²) in [7, 11) is 0. The van der Waals surface area contributed by atoms with Gasteiger partial charge >= 0.3 is 0 Å². The van der Waals surface area contributed by atoms with Crippen LogP contribution in [0.15, 0.2) is 91.1 Å². The smallest absolute Gasteiger partial charge is 0.189 e. The number of fused-ring (bicyclic) bond motifs is 1. The molecule has 4 aromatic rings. The van der Waals surface area contributed by atoms with E-state index in [1.165, 1.54) is 59.6 Å². The topological polar surface area (TPSA) is 50.2 Å². The molecule has 4 heteroatoms. The van der Waals surface area contributed by atoms with Gasteiger partial charge in [-0.1, -0.05) is 121 Å². The molecule has 0 bridgehead atoms.